The van der Waals surface area contributed by atoms with Crippen LogP contribution in [0.3, 0.4) is 0 Å². The largest absolute Gasteiger partial charge is 0.438 e. The van der Waals surface area contributed by atoms with E-state index in [9.17, 15) is 0 Å². The zero-order valence-electron chi connectivity index (χ0n) is 11.2. The Kier molecular flexibility index (Phi) is 4.57. The Bertz CT molecular complexity index is 642. The lowest BCUT2D eigenvalue weighted by Crippen LogP contribution is -2.16. The fourth-order valence-corrected chi connectivity index (χ4v) is 2.39. The maximum Gasteiger partial charge on any atom is 0.224 e. The minimum Gasteiger partial charge on any atom is -0.438 e. The van der Waals surface area contributed by atoms with E-state index in [1.54, 1.807) is 24.3 Å². The molecule has 0 amide bonds. The second-order valence-electron chi connectivity index (χ2n) is 5.28. The van der Waals surface area contributed by atoms with Crippen LogP contribution in [0.2, 0.25) is 10.2 Å². The molecule has 0 atom stereocenters. The van der Waals surface area contributed by atoms with Crippen molar-refractivity contribution >= 4 is 39.1 Å². The van der Waals surface area contributed by atoms with E-state index in [-0.39, 0.29) is 5.41 Å². The molecule has 0 spiro atoms. The van der Waals surface area contributed by atoms with E-state index < -0.39 is 0 Å². The zero-order valence-corrected chi connectivity index (χ0v) is 14.3. The topological polar surface area (TPSA) is 35.0 Å². The van der Waals surface area contributed by atoms with Crippen molar-refractivity contribution in [2.45, 2.75) is 26.2 Å². The van der Waals surface area contributed by atoms with Gasteiger partial charge in [-0.1, -0.05) is 44.0 Å². The lowest BCUT2D eigenvalue weighted by Gasteiger charge is -2.17. The fraction of sp³-hybridized carbons (Fsp3) is 0.286. The maximum absolute atomic E-state index is 6.02. The SMILES string of the molecule is CC(C)(C)c1nc(Cl)cc(Oc2ccc(Cl)cc2Br)n1. The van der Waals surface area contributed by atoms with Gasteiger partial charge in [-0.05, 0) is 34.1 Å². The van der Waals surface area contributed by atoms with Crippen molar-refractivity contribution in [2.24, 2.45) is 0 Å². The Labute approximate surface area is 136 Å². The van der Waals surface area contributed by atoms with Crippen LogP contribution in [0.4, 0.5) is 0 Å². The summed E-state index contributed by atoms with van der Waals surface area (Å²) in [4.78, 5) is 8.62. The molecule has 2 aromatic rings. The lowest BCUT2D eigenvalue weighted by atomic mass is 9.96. The van der Waals surface area contributed by atoms with Crippen molar-refractivity contribution in [1.82, 2.24) is 9.97 Å². The molecule has 0 saturated carbocycles. The standard InChI is InChI=1S/C14H13BrCl2N2O/c1-14(2,3)13-18-11(17)7-12(19-13)20-10-5-4-8(16)6-9(10)15/h4-7H,1-3H3. The summed E-state index contributed by atoms with van der Waals surface area (Å²) in [5, 5.41) is 0.977. The number of aromatic nitrogens is 2. The Morgan fingerprint density at radius 1 is 1.10 bits per heavy atom. The Morgan fingerprint density at radius 2 is 1.80 bits per heavy atom. The second-order valence-corrected chi connectivity index (χ2v) is 6.96. The number of halogens is 3. The number of ether oxygens (including phenoxy) is 1. The van der Waals surface area contributed by atoms with Gasteiger partial charge in [-0.2, -0.15) is 4.98 Å². The van der Waals surface area contributed by atoms with Crippen LogP contribution < -0.4 is 4.74 Å². The van der Waals surface area contributed by atoms with Gasteiger partial charge in [0.15, 0.2) is 0 Å². The fourth-order valence-electron chi connectivity index (χ4n) is 1.46. The second kappa shape index (κ2) is 5.88. The minimum atomic E-state index is -0.208. The van der Waals surface area contributed by atoms with E-state index in [1.807, 2.05) is 20.8 Å². The number of hydrogen-bond donors (Lipinski definition) is 0. The van der Waals surface area contributed by atoms with Crippen molar-refractivity contribution in [2.75, 3.05) is 0 Å². The third kappa shape index (κ3) is 3.84. The van der Waals surface area contributed by atoms with Crippen molar-refractivity contribution in [3.8, 4) is 11.6 Å². The van der Waals surface area contributed by atoms with Crippen LogP contribution in [0.1, 0.15) is 26.6 Å². The van der Waals surface area contributed by atoms with Gasteiger partial charge in [0.1, 0.15) is 16.7 Å². The lowest BCUT2D eigenvalue weighted by molar-refractivity contribution is 0.443. The molecule has 1 aromatic carbocycles. The molecule has 0 bridgehead atoms. The predicted octanol–water partition coefficient (Wildman–Crippen LogP) is 5.64. The van der Waals surface area contributed by atoms with E-state index in [0.717, 1.165) is 4.47 Å². The summed E-state index contributed by atoms with van der Waals surface area (Å²) >= 11 is 15.3. The monoisotopic (exact) mass is 374 g/mol. The predicted molar refractivity (Wildman–Crippen MR) is 85.0 cm³/mol. The summed E-state index contributed by atoms with van der Waals surface area (Å²) in [5.74, 6) is 1.65. The van der Waals surface area contributed by atoms with Crippen molar-refractivity contribution in [3.05, 3.63) is 44.7 Å². The van der Waals surface area contributed by atoms with Gasteiger partial charge >= 0.3 is 0 Å². The summed E-state index contributed by atoms with van der Waals surface area (Å²) in [6, 6.07) is 6.84. The van der Waals surface area contributed by atoms with E-state index in [4.69, 9.17) is 27.9 Å². The molecular formula is C14H13BrCl2N2O. The van der Waals surface area contributed by atoms with Crippen LogP contribution in [0.5, 0.6) is 11.6 Å². The van der Waals surface area contributed by atoms with Gasteiger partial charge in [0.2, 0.25) is 5.88 Å². The van der Waals surface area contributed by atoms with Crippen LogP contribution in [-0.4, -0.2) is 9.97 Å². The molecule has 20 heavy (non-hydrogen) atoms. The zero-order chi connectivity index (χ0) is 14.9. The number of benzene rings is 1. The molecule has 2 rings (SSSR count). The van der Waals surface area contributed by atoms with Gasteiger partial charge in [-0.25, -0.2) is 4.98 Å². The van der Waals surface area contributed by atoms with Gasteiger partial charge in [0.05, 0.1) is 4.47 Å². The van der Waals surface area contributed by atoms with E-state index >= 15 is 0 Å². The molecule has 0 fully saturated rings. The average Bonchev–Trinajstić information content (AvgIpc) is 2.31. The van der Waals surface area contributed by atoms with Crippen LogP contribution in [-0.2, 0) is 5.41 Å². The molecule has 0 aliphatic carbocycles. The Balaban J connectivity index is 2.36. The highest BCUT2D eigenvalue weighted by Gasteiger charge is 2.19. The van der Waals surface area contributed by atoms with Crippen LogP contribution in [0.15, 0.2) is 28.7 Å². The first-order valence-corrected chi connectivity index (χ1v) is 7.48. The van der Waals surface area contributed by atoms with E-state index in [0.29, 0.717) is 27.6 Å². The Hall–Kier alpha value is -0.840. The van der Waals surface area contributed by atoms with Gasteiger partial charge in [-0.15, -0.1) is 0 Å². The molecule has 0 unspecified atom stereocenters. The molecule has 6 heteroatoms. The highest BCUT2D eigenvalue weighted by molar-refractivity contribution is 9.10. The number of rotatable bonds is 2. The van der Waals surface area contributed by atoms with Crippen molar-refractivity contribution in [1.29, 1.82) is 0 Å². The van der Waals surface area contributed by atoms with E-state index in [1.165, 1.54) is 0 Å². The third-order valence-corrected chi connectivity index (χ3v) is 3.50. The maximum atomic E-state index is 6.02. The summed E-state index contributed by atoms with van der Waals surface area (Å²) in [5.41, 5.74) is -0.208. The molecular weight excluding hydrogens is 363 g/mol. The van der Waals surface area contributed by atoms with E-state index in [2.05, 4.69) is 25.9 Å². The molecule has 1 heterocycles. The normalized spacial score (nSPS) is 11.5. The van der Waals surface area contributed by atoms with Crippen LogP contribution >= 0.6 is 39.1 Å². The Morgan fingerprint density at radius 3 is 2.40 bits per heavy atom. The average molecular weight is 376 g/mol. The summed E-state index contributed by atoms with van der Waals surface area (Å²) in [7, 11) is 0. The third-order valence-electron chi connectivity index (χ3n) is 2.45. The van der Waals surface area contributed by atoms with Crippen LogP contribution in [0.25, 0.3) is 0 Å². The molecule has 0 radical (unpaired) electrons. The number of hydrogen-bond acceptors (Lipinski definition) is 3. The molecule has 0 N–H and O–H groups in total. The molecule has 0 aliphatic heterocycles. The van der Waals surface area contributed by atoms with Crippen molar-refractivity contribution in [3.63, 3.8) is 0 Å². The molecule has 0 saturated heterocycles. The first-order chi connectivity index (χ1) is 9.25. The van der Waals surface area contributed by atoms with Gasteiger partial charge < -0.3 is 4.74 Å². The van der Waals surface area contributed by atoms with Gasteiger partial charge in [-0.3, -0.25) is 0 Å². The van der Waals surface area contributed by atoms with Crippen LogP contribution in [0, 0.1) is 0 Å². The smallest absolute Gasteiger partial charge is 0.224 e. The number of nitrogens with zero attached hydrogens (tertiary/aromatic N) is 2. The molecule has 3 nitrogen and oxygen atoms in total. The first kappa shape index (κ1) is 15.5. The molecule has 106 valence electrons. The van der Waals surface area contributed by atoms with Gasteiger partial charge in [0.25, 0.3) is 0 Å². The highest BCUT2D eigenvalue weighted by Crippen LogP contribution is 2.32. The highest BCUT2D eigenvalue weighted by atomic mass is 79.9. The first-order valence-electron chi connectivity index (χ1n) is 5.94. The quantitative estimate of drug-likeness (QED) is 0.637. The molecule has 0 aliphatic rings. The van der Waals surface area contributed by atoms with Gasteiger partial charge in [0, 0.05) is 16.5 Å². The summed E-state index contributed by atoms with van der Waals surface area (Å²) in [6.45, 7) is 6.04. The minimum absolute atomic E-state index is 0.208. The van der Waals surface area contributed by atoms with Crippen molar-refractivity contribution < 1.29 is 4.74 Å². The molecule has 1 aromatic heterocycles. The summed E-state index contributed by atoms with van der Waals surface area (Å²) < 4.78 is 6.49. The summed E-state index contributed by atoms with van der Waals surface area (Å²) in [6.07, 6.45) is 0.